The van der Waals surface area contributed by atoms with Crippen molar-refractivity contribution in [2.75, 3.05) is 24.5 Å². The minimum Gasteiger partial charge on any atom is -0.371 e. The van der Waals surface area contributed by atoms with E-state index in [1.807, 2.05) is 24.3 Å². The Morgan fingerprint density at radius 3 is 2.50 bits per heavy atom. The van der Waals surface area contributed by atoms with Crippen LogP contribution in [0.15, 0.2) is 24.3 Å². The maximum absolute atomic E-state index is 12.6. The zero-order valence-corrected chi connectivity index (χ0v) is 16.0. The van der Waals surface area contributed by atoms with Crippen molar-refractivity contribution in [3.05, 3.63) is 29.8 Å². The monoisotopic (exact) mass is 357 g/mol. The number of nitrogens with zero attached hydrogens (tertiary/aromatic N) is 1. The van der Waals surface area contributed by atoms with Crippen molar-refractivity contribution in [1.82, 2.24) is 10.6 Å². The second kappa shape index (κ2) is 8.56. The number of anilines is 1. The number of hydrogen-bond donors (Lipinski definition) is 2. The molecule has 2 amide bonds. The molecule has 0 radical (unpaired) electrons. The van der Waals surface area contributed by atoms with Gasteiger partial charge < -0.3 is 15.5 Å². The van der Waals surface area contributed by atoms with E-state index in [9.17, 15) is 9.59 Å². The first-order valence-corrected chi connectivity index (χ1v) is 10.0. The molecule has 3 rings (SSSR count). The normalized spacial score (nSPS) is 19.1. The first-order chi connectivity index (χ1) is 12.6. The van der Waals surface area contributed by atoms with Crippen LogP contribution < -0.4 is 15.5 Å². The lowest BCUT2D eigenvalue weighted by atomic mass is 10.0. The average molecular weight is 357 g/mol. The second-order valence-corrected chi connectivity index (χ2v) is 7.78. The summed E-state index contributed by atoms with van der Waals surface area (Å²) in [6.45, 7) is 6.72. The zero-order chi connectivity index (χ0) is 18.5. The Bertz CT molecular complexity index is 634. The number of piperidine rings is 1. The standard InChI is InChI=1S/C21H31N3O2/c1-3-15(2)14-22-21(26)18-6-4-5-7-19(18)24-12-10-17(11-13-24)23-20(25)16-8-9-16/h4-7,15-17H,3,8-14H2,1-2H3,(H,22,26)(H,23,25)/t15-/m0/s1. The van der Waals surface area contributed by atoms with Crippen LogP contribution in [0, 0.1) is 11.8 Å². The van der Waals surface area contributed by atoms with Crippen molar-refractivity contribution >= 4 is 17.5 Å². The molecule has 1 saturated heterocycles. The maximum Gasteiger partial charge on any atom is 0.253 e. The fourth-order valence-electron chi connectivity index (χ4n) is 3.38. The fourth-order valence-corrected chi connectivity index (χ4v) is 3.38. The summed E-state index contributed by atoms with van der Waals surface area (Å²) < 4.78 is 0. The molecule has 1 heterocycles. The van der Waals surface area contributed by atoms with Gasteiger partial charge in [-0.3, -0.25) is 9.59 Å². The van der Waals surface area contributed by atoms with Gasteiger partial charge in [0.2, 0.25) is 5.91 Å². The van der Waals surface area contributed by atoms with Crippen LogP contribution in [-0.4, -0.2) is 37.5 Å². The van der Waals surface area contributed by atoms with Gasteiger partial charge in [0.1, 0.15) is 0 Å². The fraction of sp³-hybridized carbons (Fsp3) is 0.619. The second-order valence-electron chi connectivity index (χ2n) is 7.78. The Morgan fingerprint density at radius 2 is 1.85 bits per heavy atom. The lowest BCUT2D eigenvalue weighted by Crippen LogP contribution is -2.45. The molecule has 5 nitrogen and oxygen atoms in total. The highest BCUT2D eigenvalue weighted by Crippen LogP contribution is 2.30. The number of para-hydroxylation sites is 1. The summed E-state index contributed by atoms with van der Waals surface area (Å²) in [5.74, 6) is 0.984. The van der Waals surface area contributed by atoms with Crippen molar-refractivity contribution in [1.29, 1.82) is 0 Å². The van der Waals surface area contributed by atoms with E-state index in [1.165, 1.54) is 0 Å². The van der Waals surface area contributed by atoms with Gasteiger partial charge in [0.15, 0.2) is 0 Å². The van der Waals surface area contributed by atoms with E-state index in [0.29, 0.717) is 12.5 Å². The molecular weight excluding hydrogens is 326 g/mol. The molecule has 2 fully saturated rings. The van der Waals surface area contributed by atoms with Gasteiger partial charge in [-0.1, -0.05) is 32.4 Å². The number of amides is 2. The van der Waals surface area contributed by atoms with E-state index in [1.54, 1.807) is 0 Å². The number of carbonyl (C=O) groups is 2. The largest absolute Gasteiger partial charge is 0.371 e. The predicted octanol–water partition coefficient (Wildman–Crippen LogP) is 2.96. The van der Waals surface area contributed by atoms with E-state index in [-0.39, 0.29) is 23.8 Å². The SMILES string of the molecule is CC[C@H](C)CNC(=O)c1ccccc1N1CCC(NC(=O)C2CC2)CC1. The Kier molecular flexibility index (Phi) is 6.17. The van der Waals surface area contributed by atoms with Gasteiger partial charge in [0.25, 0.3) is 5.91 Å². The Hall–Kier alpha value is -2.04. The highest BCUT2D eigenvalue weighted by atomic mass is 16.2. The van der Waals surface area contributed by atoms with Gasteiger partial charge >= 0.3 is 0 Å². The first kappa shape index (κ1) is 18.7. The van der Waals surface area contributed by atoms with Crippen molar-refractivity contribution in [3.63, 3.8) is 0 Å². The van der Waals surface area contributed by atoms with E-state index in [0.717, 1.165) is 56.4 Å². The summed E-state index contributed by atoms with van der Waals surface area (Å²) in [7, 11) is 0. The third-order valence-electron chi connectivity index (χ3n) is 5.59. The molecule has 1 aromatic carbocycles. The van der Waals surface area contributed by atoms with Crippen molar-refractivity contribution in [2.45, 2.75) is 52.0 Å². The maximum atomic E-state index is 12.6. The van der Waals surface area contributed by atoms with Gasteiger partial charge in [-0.05, 0) is 43.7 Å². The molecule has 0 spiro atoms. The van der Waals surface area contributed by atoms with E-state index >= 15 is 0 Å². The summed E-state index contributed by atoms with van der Waals surface area (Å²) in [5, 5.41) is 6.25. The van der Waals surface area contributed by atoms with Crippen molar-refractivity contribution in [2.24, 2.45) is 11.8 Å². The topological polar surface area (TPSA) is 61.4 Å². The van der Waals surface area contributed by atoms with Gasteiger partial charge in [0.05, 0.1) is 5.56 Å². The molecule has 1 saturated carbocycles. The number of hydrogen-bond acceptors (Lipinski definition) is 3. The predicted molar refractivity (Wildman–Crippen MR) is 104 cm³/mol. The highest BCUT2D eigenvalue weighted by Gasteiger charge is 2.32. The van der Waals surface area contributed by atoms with Gasteiger partial charge in [0, 0.05) is 37.3 Å². The van der Waals surface area contributed by atoms with E-state index < -0.39 is 0 Å². The average Bonchev–Trinajstić information content (AvgIpc) is 3.52. The van der Waals surface area contributed by atoms with Crippen LogP contribution in [0.3, 0.4) is 0 Å². The highest BCUT2D eigenvalue weighted by molar-refractivity contribution is 5.99. The summed E-state index contributed by atoms with van der Waals surface area (Å²) in [5.41, 5.74) is 1.75. The Morgan fingerprint density at radius 1 is 1.15 bits per heavy atom. The molecule has 2 N–H and O–H groups in total. The summed E-state index contributed by atoms with van der Waals surface area (Å²) in [6.07, 6.45) is 5.01. The molecule has 0 bridgehead atoms. The molecule has 0 aromatic heterocycles. The van der Waals surface area contributed by atoms with Crippen LogP contribution in [0.25, 0.3) is 0 Å². The Balaban J connectivity index is 1.57. The summed E-state index contributed by atoms with van der Waals surface area (Å²) in [4.78, 5) is 26.8. The molecule has 0 unspecified atom stereocenters. The lowest BCUT2D eigenvalue weighted by Gasteiger charge is -2.35. The van der Waals surface area contributed by atoms with E-state index in [2.05, 4.69) is 29.4 Å². The Labute approximate surface area is 156 Å². The van der Waals surface area contributed by atoms with Crippen LogP contribution in [0.5, 0.6) is 0 Å². The molecule has 5 heteroatoms. The lowest BCUT2D eigenvalue weighted by molar-refractivity contribution is -0.123. The van der Waals surface area contributed by atoms with Crippen LogP contribution in [0.2, 0.25) is 0 Å². The third-order valence-corrected chi connectivity index (χ3v) is 5.59. The van der Waals surface area contributed by atoms with E-state index in [4.69, 9.17) is 0 Å². The molecule has 2 aliphatic rings. The molecule has 1 aliphatic carbocycles. The third kappa shape index (κ3) is 4.77. The van der Waals surface area contributed by atoms with Crippen LogP contribution in [0.4, 0.5) is 5.69 Å². The molecule has 142 valence electrons. The minimum atomic E-state index is 0.00468. The van der Waals surface area contributed by atoms with Crippen LogP contribution in [0.1, 0.15) is 56.3 Å². The molecule has 1 atom stereocenters. The smallest absolute Gasteiger partial charge is 0.253 e. The zero-order valence-electron chi connectivity index (χ0n) is 16.0. The van der Waals surface area contributed by atoms with Crippen molar-refractivity contribution < 1.29 is 9.59 Å². The number of benzene rings is 1. The van der Waals surface area contributed by atoms with Gasteiger partial charge in [-0.25, -0.2) is 0 Å². The molecule has 1 aromatic rings. The molecule has 1 aliphatic heterocycles. The first-order valence-electron chi connectivity index (χ1n) is 10.0. The van der Waals surface area contributed by atoms with Crippen LogP contribution >= 0.6 is 0 Å². The number of carbonyl (C=O) groups excluding carboxylic acids is 2. The minimum absolute atomic E-state index is 0.00468. The summed E-state index contributed by atoms with van der Waals surface area (Å²) in [6, 6.07) is 8.11. The number of nitrogens with one attached hydrogen (secondary N) is 2. The van der Waals surface area contributed by atoms with Crippen LogP contribution in [-0.2, 0) is 4.79 Å². The van der Waals surface area contributed by atoms with Gasteiger partial charge in [-0.15, -0.1) is 0 Å². The summed E-state index contributed by atoms with van der Waals surface area (Å²) >= 11 is 0. The quantitative estimate of drug-likeness (QED) is 0.789. The molecule has 26 heavy (non-hydrogen) atoms. The molecular formula is C21H31N3O2. The van der Waals surface area contributed by atoms with Gasteiger partial charge in [-0.2, -0.15) is 0 Å². The van der Waals surface area contributed by atoms with Crippen molar-refractivity contribution in [3.8, 4) is 0 Å². The number of rotatable bonds is 7.